The topological polar surface area (TPSA) is 88.0 Å². The number of fused-ring (bicyclic) bond motifs is 1. The lowest BCUT2D eigenvalue weighted by atomic mass is 9.73. The van der Waals surface area contributed by atoms with Gasteiger partial charge in [0.1, 0.15) is 5.75 Å². The van der Waals surface area contributed by atoms with Crippen molar-refractivity contribution in [3.05, 3.63) is 65.7 Å². The van der Waals surface area contributed by atoms with Crippen LogP contribution in [0.15, 0.2) is 54.6 Å². The Morgan fingerprint density at radius 3 is 2.63 bits per heavy atom. The van der Waals surface area contributed by atoms with Gasteiger partial charge in [-0.1, -0.05) is 48.5 Å². The maximum absolute atomic E-state index is 12.8. The molecule has 27 heavy (non-hydrogen) atoms. The molecule has 0 saturated heterocycles. The summed E-state index contributed by atoms with van der Waals surface area (Å²) in [5, 5.41) is 22.4. The molecule has 1 heterocycles. The Kier molecular flexibility index (Phi) is 6.50. The lowest BCUT2D eigenvalue weighted by molar-refractivity contribution is -0.133. The molecule has 0 radical (unpaired) electrons. The van der Waals surface area contributed by atoms with Crippen molar-refractivity contribution in [2.45, 2.75) is 31.3 Å². The number of rotatable bonds is 8. The molecule has 1 amide bonds. The van der Waals surface area contributed by atoms with E-state index in [1.54, 1.807) is 0 Å². The summed E-state index contributed by atoms with van der Waals surface area (Å²) in [7, 11) is -1.68. The van der Waals surface area contributed by atoms with Crippen molar-refractivity contribution in [2.75, 3.05) is 13.2 Å². The van der Waals surface area contributed by atoms with Crippen LogP contribution in [0.2, 0.25) is 0 Å². The average molecular weight is 369 g/mol. The van der Waals surface area contributed by atoms with E-state index in [1.165, 1.54) is 0 Å². The van der Waals surface area contributed by atoms with Gasteiger partial charge in [0.15, 0.2) is 6.10 Å². The Morgan fingerprint density at radius 1 is 1.22 bits per heavy atom. The highest BCUT2D eigenvalue weighted by atomic mass is 16.5. The summed E-state index contributed by atoms with van der Waals surface area (Å²) >= 11 is 0. The van der Waals surface area contributed by atoms with Crippen LogP contribution < -0.4 is 10.1 Å². The molecule has 2 aromatic rings. The third kappa shape index (κ3) is 4.69. The van der Waals surface area contributed by atoms with Gasteiger partial charge in [-0.25, -0.2) is 0 Å². The van der Waals surface area contributed by atoms with Crippen LogP contribution in [-0.4, -0.2) is 42.2 Å². The molecule has 0 spiro atoms. The number of benzene rings is 2. The lowest BCUT2D eigenvalue weighted by Crippen LogP contribution is -2.49. The summed E-state index contributed by atoms with van der Waals surface area (Å²) in [4.78, 5) is 12.8. The zero-order chi connectivity index (χ0) is 19.2. The minimum Gasteiger partial charge on any atom is -0.493 e. The van der Waals surface area contributed by atoms with E-state index in [0.29, 0.717) is 19.6 Å². The first-order chi connectivity index (χ1) is 13.1. The first-order valence-corrected chi connectivity index (χ1v) is 9.15. The van der Waals surface area contributed by atoms with Crippen LogP contribution in [0.1, 0.15) is 36.5 Å². The molecule has 3 N–H and O–H groups in total. The largest absolute Gasteiger partial charge is 0.493 e. The van der Waals surface area contributed by atoms with Gasteiger partial charge in [0.05, 0.1) is 12.5 Å². The van der Waals surface area contributed by atoms with E-state index in [4.69, 9.17) is 9.47 Å². The summed E-state index contributed by atoms with van der Waals surface area (Å²) < 4.78 is 11.2. The fourth-order valence-corrected chi connectivity index (χ4v) is 3.36. The zero-order valence-corrected chi connectivity index (χ0v) is 15.2. The van der Waals surface area contributed by atoms with Crippen LogP contribution in [0, 0.1) is 0 Å². The van der Waals surface area contributed by atoms with E-state index in [1.807, 2.05) is 61.5 Å². The molecule has 3 unspecified atom stereocenters. The maximum Gasteiger partial charge on any atom is 0.475 e. The Morgan fingerprint density at radius 2 is 1.93 bits per heavy atom. The second-order valence-electron chi connectivity index (χ2n) is 6.56. The number of para-hydroxylation sites is 1. The van der Waals surface area contributed by atoms with E-state index in [0.717, 1.165) is 16.9 Å². The van der Waals surface area contributed by atoms with Crippen LogP contribution in [0.4, 0.5) is 0 Å². The molecule has 0 fully saturated rings. The van der Waals surface area contributed by atoms with E-state index in [2.05, 4.69) is 5.32 Å². The van der Waals surface area contributed by atoms with E-state index in [-0.39, 0.29) is 5.92 Å². The number of carbonyl (C=O) groups is 1. The van der Waals surface area contributed by atoms with Gasteiger partial charge in [0, 0.05) is 18.1 Å². The van der Waals surface area contributed by atoms with E-state index < -0.39 is 25.1 Å². The predicted octanol–water partition coefficient (Wildman–Crippen LogP) is 1.83. The minimum absolute atomic E-state index is 0.0180. The van der Waals surface area contributed by atoms with E-state index >= 15 is 0 Å². The highest BCUT2D eigenvalue weighted by Gasteiger charge is 2.34. The molecule has 1 aliphatic rings. The van der Waals surface area contributed by atoms with Gasteiger partial charge in [0.2, 0.25) is 0 Å². The Hall–Kier alpha value is -2.35. The monoisotopic (exact) mass is 369 g/mol. The Balaban J connectivity index is 1.71. The zero-order valence-electron chi connectivity index (χ0n) is 15.2. The molecule has 1 aliphatic heterocycles. The van der Waals surface area contributed by atoms with E-state index in [9.17, 15) is 14.8 Å². The summed E-state index contributed by atoms with van der Waals surface area (Å²) in [5.41, 5.74) is 1.74. The molecule has 3 atom stereocenters. The molecule has 0 bridgehead atoms. The van der Waals surface area contributed by atoms with Crippen molar-refractivity contribution in [1.29, 1.82) is 0 Å². The van der Waals surface area contributed by atoms with Crippen molar-refractivity contribution in [3.63, 3.8) is 0 Å². The molecule has 6 nitrogen and oxygen atoms in total. The molecule has 2 aromatic carbocycles. The number of amides is 1. The lowest BCUT2D eigenvalue weighted by Gasteiger charge is -2.24. The van der Waals surface area contributed by atoms with Gasteiger partial charge in [-0.2, -0.15) is 0 Å². The molecule has 0 aromatic heterocycles. The molecule has 0 aliphatic carbocycles. The van der Waals surface area contributed by atoms with Gasteiger partial charge in [0.25, 0.3) is 5.91 Å². The van der Waals surface area contributed by atoms with Crippen LogP contribution in [0.25, 0.3) is 0 Å². The highest BCUT2D eigenvalue weighted by Crippen LogP contribution is 2.36. The van der Waals surface area contributed by atoms with Gasteiger partial charge in [-0.3, -0.25) is 4.79 Å². The molecular formula is C20H24BNO5. The Bertz CT molecular complexity index is 755. The second-order valence-corrected chi connectivity index (χ2v) is 6.56. The van der Waals surface area contributed by atoms with Crippen molar-refractivity contribution in [1.82, 2.24) is 5.32 Å². The fourth-order valence-electron chi connectivity index (χ4n) is 3.36. The van der Waals surface area contributed by atoms with Crippen molar-refractivity contribution >= 4 is 13.0 Å². The molecule has 142 valence electrons. The third-order valence-corrected chi connectivity index (χ3v) is 4.70. The van der Waals surface area contributed by atoms with Crippen LogP contribution >= 0.6 is 0 Å². The quantitative estimate of drug-likeness (QED) is 0.618. The molecule has 0 saturated carbocycles. The summed E-state index contributed by atoms with van der Waals surface area (Å²) in [6, 6.07) is 16.8. The number of hydrogen-bond acceptors (Lipinski definition) is 5. The first kappa shape index (κ1) is 19.4. The first-order valence-electron chi connectivity index (χ1n) is 9.15. The summed E-state index contributed by atoms with van der Waals surface area (Å²) in [6.45, 7) is 2.63. The van der Waals surface area contributed by atoms with Crippen LogP contribution in [0.5, 0.6) is 5.75 Å². The maximum atomic E-state index is 12.8. The van der Waals surface area contributed by atoms with Gasteiger partial charge in [-0.05, 0) is 25.0 Å². The smallest absolute Gasteiger partial charge is 0.475 e. The van der Waals surface area contributed by atoms with Crippen molar-refractivity contribution in [2.24, 2.45) is 0 Å². The average Bonchev–Trinajstić information content (AvgIpc) is 3.09. The van der Waals surface area contributed by atoms with Crippen LogP contribution in [0.3, 0.4) is 0 Å². The SMILES string of the molecule is CCOC(C(=O)NC(CC1COc2ccccc21)B(O)O)c1ccccc1. The second kappa shape index (κ2) is 9.04. The summed E-state index contributed by atoms with van der Waals surface area (Å²) in [5.74, 6) is -0.440. The predicted molar refractivity (Wildman–Crippen MR) is 102 cm³/mol. The number of carbonyl (C=O) groups excluding carboxylic acids is 1. The fraction of sp³-hybridized carbons (Fsp3) is 0.350. The summed E-state index contributed by atoms with van der Waals surface area (Å²) in [6.07, 6.45) is -0.446. The van der Waals surface area contributed by atoms with Gasteiger partial charge in [-0.15, -0.1) is 0 Å². The van der Waals surface area contributed by atoms with Crippen molar-refractivity contribution < 1.29 is 24.3 Å². The highest BCUT2D eigenvalue weighted by molar-refractivity contribution is 6.43. The standard InChI is InChI=1S/C20H24BNO5/c1-2-26-19(14-8-4-3-5-9-14)20(23)22-18(21(24)25)12-15-13-27-17-11-7-6-10-16(15)17/h3-11,15,18-19,24-25H,2,12-13H2,1H3,(H,22,23). The molecule has 3 rings (SSSR count). The minimum atomic E-state index is -1.68. The molecule has 7 heteroatoms. The van der Waals surface area contributed by atoms with Gasteiger partial charge < -0.3 is 24.8 Å². The molecular weight excluding hydrogens is 345 g/mol. The third-order valence-electron chi connectivity index (χ3n) is 4.70. The number of ether oxygens (including phenoxy) is 2. The van der Waals surface area contributed by atoms with Crippen molar-refractivity contribution in [3.8, 4) is 5.75 Å². The van der Waals surface area contributed by atoms with Crippen LogP contribution in [-0.2, 0) is 9.53 Å². The Labute approximate surface area is 159 Å². The number of nitrogens with one attached hydrogen (secondary N) is 1. The normalized spacial score (nSPS) is 17.5. The van der Waals surface area contributed by atoms with Gasteiger partial charge >= 0.3 is 7.12 Å². The number of hydrogen-bond donors (Lipinski definition) is 3.